The maximum absolute atomic E-state index is 5.72. The number of aromatic amines is 1. The summed E-state index contributed by atoms with van der Waals surface area (Å²) in [6.07, 6.45) is 3.49. The molecule has 0 fully saturated rings. The molecule has 0 aliphatic heterocycles. The van der Waals surface area contributed by atoms with Crippen LogP contribution in [-0.2, 0) is 18.5 Å². The van der Waals surface area contributed by atoms with E-state index in [4.69, 9.17) is 4.42 Å². The van der Waals surface area contributed by atoms with Gasteiger partial charge in [-0.1, -0.05) is 20.8 Å². The maximum atomic E-state index is 5.72. The summed E-state index contributed by atoms with van der Waals surface area (Å²) in [4.78, 5) is 8.42. The Morgan fingerprint density at radius 2 is 2.05 bits per heavy atom. The molecule has 8 heteroatoms. The van der Waals surface area contributed by atoms with Crippen molar-refractivity contribution in [3.05, 3.63) is 35.8 Å². The van der Waals surface area contributed by atoms with Gasteiger partial charge in [-0.05, 0) is 6.07 Å². The third-order valence-corrected chi connectivity index (χ3v) is 2.93. The van der Waals surface area contributed by atoms with Gasteiger partial charge in [0.1, 0.15) is 5.76 Å². The molecule has 0 saturated heterocycles. The number of rotatable bonds is 4. The zero-order valence-corrected chi connectivity index (χ0v) is 15.6. The normalized spacial score (nSPS) is 11.9. The SMILES string of the molecule is CN=C(NCc1ccn[nH]1)NCc1ncc(C(C)(C)C)o1.I. The second-order valence-electron chi connectivity index (χ2n) is 5.73. The fraction of sp³-hybridized carbons (Fsp3) is 0.500. The van der Waals surface area contributed by atoms with E-state index in [0.29, 0.717) is 24.9 Å². The largest absolute Gasteiger partial charge is 0.443 e. The molecule has 2 aromatic heterocycles. The van der Waals surface area contributed by atoms with E-state index in [2.05, 4.69) is 51.6 Å². The molecule has 0 radical (unpaired) electrons. The van der Waals surface area contributed by atoms with Crippen LogP contribution in [0.25, 0.3) is 0 Å². The van der Waals surface area contributed by atoms with Crippen LogP contribution in [0.15, 0.2) is 27.9 Å². The average molecular weight is 418 g/mol. The van der Waals surface area contributed by atoms with E-state index in [1.165, 1.54) is 0 Å². The van der Waals surface area contributed by atoms with E-state index in [1.807, 2.05) is 6.07 Å². The monoisotopic (exact) mass is 418 g/mol. The van der Waals surface area contributed by atoms with Crippen LogP contribution in [0.3, 0.4) is 0 Å². The Hall–Kier alpha value is -1.58. The lowest BCUT2D eigenvalue weighted by Gasteiger charge is -2.13. The molecule has 0 amide bonds. The minimum Gasteiger partial charge on any atom is -0.443 e. The summed E-state index contributed by atoms with van der Waals surface area (Å²) in [6.45, 7) is 7.39. The van der Waals surface area contributed by atoms with Crippen LogP contribution in [0, 0.1) is 0 Å². The molecular formula is C14H23IN6O. The quantitative estimate of drug-likeness (QED) is 0.402. The number of guanidine groups is 1. The summed E-state index contributed by atoms with van der Waals surface area (Å²) in [5.74, 6) is 2.20. The van der Waals surface area contributed by atoms with Crippen LogP contribution < -0.4 is 10.6 Å². The van der Waals surface area contributed by atoms with Gasteiger partial charge in [0.15, 0.2) is 5.96 Å². The van der Waals surface area contributed by atoms with E-state index >= 15 is 0 Å². The summed E-state index contributed by atoms with van der Waals surface area (Å²) in [5.41, 5.74) is 0.954. The summed E-state index contributed by atoms with van der Waals surface area (Å²) >= 11 is 0. The molecule has 0 unspecified atom stereocenters. The highest BCUT2D eigenvalue weighted by molar-refractivity contribution is 14.0. The summed E-state index contributed by atoms with van der Waals surface area (Å²) < 4.78 is 5.72. The second kappa shape index (κ2) is 8.16. The Labute approximate surface area is 147 Å². The molecule has 0 bridgehead atoms. The number of aliphatic imine (C=N–C) groups is 1. The van der Waals surface area contributed by atoms with Gasteiger partial charge >= 0.3 is 0 Å². The first-order valence-corrected chi connectivity index (χ1v) is 6.87. The van der Waals surface area contributed by atoms with Crippen molar-refractivity contribution in [3.63, 3.8) is 0 Å². The molecule has 22 heavy (non-hydrogen) atoms. The van der Waals surface area contributed by atoms with Crippen molar-refractivity contribution in [1.82, 2.24) is 25.8 Å². The first-order chi connectivity index (χ1) is 9.99. The lowest BCUT2D eigenvalue weighted by atomic mass is 9.94. The zero-order valence-electron chi connectivity index (χ0n) is 13.3. The van der Waals surface area contributed by atoms with E-state index in [0.717, 1.165) is 11.5 Å². The van der Waals surface area contributed by atoms with E-state index in [1.54, 1.807) is 19.4 Å². The van der Waals surface area contributed by atoms with Crippen molar-refractivity contribution in [2.45, 2.75) is 39.3 Å². The number of aromatic nitrogens is 3. The molecule has 2 heterocycles. The molecule has 7 nitrogen and oxygen atoms in total. The van der Waals surface area contributed by atoms with Crippen molar-refractivity contribution >= 4 is 29.9 Å². The molecule has 3 N–H and O–H groups in total. The number of halogens is 1. The Morgan fingerprint density at radius 3 is 2.59 bits per heavy atom. The third kappa shape index (κ3) is 5.32. The standard InChI is InChI=1S/C14H22N6O.HI/c1-14(2,3)11-8-16-12(21-11)9-18-13(15-4)17-7-10-5-6-19-20-10;/h5-6,8H,7,9H2,1-4H3,(H,19,20)(H2,15,17,18);1H. The summed E-state index contributed by atoms with van der Waals surface area (Å²) in [7, 11) is 1.72. The first kappa shape index (κ1) is 18.5. The summed E-state index contributed by atoms with van der Waals surface area (Å²) in [6, 6.07) is 1.91. The van der Waals surface area contributed by atoms with Crippen LogP contribution in [0.5, 0.6) is 0 Å². The average Bonchev–Trinajstić information content (AvgIpc) is 3.09. The van der Waals surface area contributed by atoms with Gasteiger partial charge in [-0.2, -0.15) is 5.10 Å². The molecule has 122 valence electrons. The van der Waals surface area contributed by atoms with Gasteiger partial charge in [0.05, 0.1) is 25.0 Å². The van der Waals surface area contributed by atoms with E-state index < -0.39 is 0 Å². The Morgan fingerprint density at radius 1 is 1.32 bits per heavy atom. The number of hydrogen-bond donors (Lipinski definition) is 3. The number of nitrogens with one attached hydrogen (secondary N) is 3. The number of oxazole rings is 1. The van der Waals surface area contributed by atoms with Crippen molar-refractivity contribution < 1.29 is 4.42 Å². The number of H-pyrrole nitrogens is 1. The highest BCUT2D eigenvalue weighted by Gasteiger charge is 2.19. The van der Waals surface area contributed by atoms with Gasteiger partial charge in [-0.25, -0.2) is 4.98 Å². The second-order valence-corrected chi connectivity index (χ2v) is 5.73. The van der Waals surface area contributed by atoms with Crippen LogP contribution in [0.1, 0.15) is 38.1 Å². The molecule has 0 atom stereocenters. The topological polar surface area (TPSA) is 91.1 Å². The van der Waals surface area contributed by atoms with Crippen molar-refractivity contribution in [3.8, 4) is 0 Å². The van der Waals surface area contributed by atoms with Gasteiger partial charge in [0.25, 0.3) is 0 Å². The molecule has 2 rings (SSSR count). The number of nitrogens with zero attached hydrogens (tertiary/aromatic N) is 3. The Kier molecular flexibility index (Phi) is 6.85. The van der Waals surface area contributed by atoms with Gasteiger partial charge in [-0.3, -0.25) is 10.1 Å². The fourth-order valence-corrected chi connectivity index (χ4v) is 1.68. The molecular weight excluding hydrogens is 395 g/mol. The predicted molar refractivity (Wildman–Crippen MR) is 96.2 cm³/mol. The van der Waals surface area contributed by atoms with Gasteiger partial charge in [0, 0.05) is 18.7 Å². The van der Waals surface area contributed by atoms with Crippen LogP contribution in [-0.4, -0.2) is 28.2 Å². The molecule has 0 saturated carbocycles. The highest BCUT2D eigenvalue weighted by atomic mass is 127. The van der Waals surface area contributed by atoms with E-state index in [-0.39, 0.29) is 29.4 Å². The minimum absolute atomic E-state index is 0. The zero-order chi connectivity index (χ0) is 15.3. The molecule has 0 aliphatic carbocycles. The summed E-state index contributed by atoms with van der Waals surface area (Å²) in [5, 5.41) is 13.1. The molecule has 0 aliphatic rings. The Balaban J connectivity index is 0.00000242. The predicted octanol–water partition coefficient (Wildman–Crippen LogP) is 2.18. The smallest absolute Gasteiger partial charge is 0.213 e. The van der Waals surface area contributed by atoms with Crippen LogP contribution >= 0.6 is 24.0 Å². The van der Waals surface area contributed by atoms with Crippen molar-refractivity contribution in [2.24, 2.45) is 4.99 Å². The van der Waals surface area contributed by atoms with Crippen molar-refractivity contribution in [2.75, 3.05) is 7.05 Å². The van der Waals surface area contributed by atoms with Gasteiger partial charge in [-0.15, -0.1) is 24.0 Å². The molecule has 0 aromatic carbocycles. The minimum atomic E-state index is -0.0359. The third-order valence-electron chi connectivity index (χ3n) is 2.93. The van der Waals surface area contributed by atoms with Crippen LogP contribution in [0.2, 0.25) is 0 Å². The molecule has 0 spiro atoms. The van der Waals surface area contributed by atoms with E-state index in [9.17, 15) is 0 Å². The first-order valence-electron chi connectivity index (χ1n) is 6.87. The van der Waals surface area contributed by atoms with Crippen molar-refractivity contribution in [1.29, 1.82) is 0 Å². The van der Waals surface area contributed by atoms with Crippen LogP contribution in [0.4, 0.5) is 0 Å². The van der Waals surface area contributed by atoms with Gasteiger partial charge in [0.2, 0.25) is 5.89 Å². The highest BCUT2D eigenvalue weighted by Crippen LogP contribution is 2.22. The lowest BCUT2D eigenvalue weighted by Crippen LogP contribution is -2.36. The van der Waals surface area contributed by atoms with Gasteiger partial charge < -0.3 is 15.1 Å². The molecule has 2 aromatic rings. The Bertz CT molecular complexity index is 585. The lowest BCUT2D eigenvalue weighted by molar-refractivity contribution is 0.379. The maximum Gasteiger partial charge on any atom is 0.213 e. The number of hydrogen-bond acceptors (Lipinski definition) is 4. The fourth-order valence-electron chi connectivity index (χ4n) is 1.68.